The van der Waals surface area contributed by atoms with E-state index < -0.39 is 5.97 Å². The van der Waals surface area contributed by atoms with Crippen molar-refractivity contribution in [3.8, 4) is 0 Å². The monoisotopic (exact) mass is 262 g/mol. The zero-order valence-corrected chi connectivity index (χ0v) is 11.3. The second-order valence-corrected chi connectivity index (χ2v) is 4.08. The number of rotatable bonds is 8. The molecule has 0 rings (SSSR count). The van der Waals surface area contributed by atoms with Crippen LogP contribution in [0.4, 0.5) is 0 Å². The van der Waals surface area contributed by atoms with Gasteiger partial charge in [0.05, 0.1) is 12.7 Å². The molecule has 0 N–H and O–H groups in total. The van der Waals surface area contributed by atoms with E-state index in [-0.39, 0.29) is 30.0 Å². The lowest BCUT2D eigenvalue weighted by Gasteiger charge is -2.06. The summed E-state index contributed by atoms with van der Waals surface area (Å²) in [5.74, 6) is -1.15. The maximum atomic E-state index is 11.8. The average Bonchev–Trinajstić information content (AvgIpc) is 2.33. The summed E-state index contributed by atoms with van der Waals surface area (Å²) in [6, 6.07) is 0. The van der Waals surface area contributed by atoms with Crippen LogP contribution in [0.3, 0.4) is 0 Å². The number of ketones is 2. The summed E-state index contributed by atoms with van der Waals surface area (Å²) in [6.45, 7) is 13.4. The zero-order chi connectivity index (χ0) is 15.0. The van der Waals surface area contributed by atoms with Crippen LogP contribution in [0.5, 0.6) is 0 Å². The molecule has 0 radical (unpaired) electrons. The van der Waals surface area contributed by atoms with Crippen molar-refractivity contribution < 1.29 is 19.1 Å². The predicted molar refractivity (Wildman–Crippen MR) is 73.2 cm³/mol. The molecule has 0 aliphatic heterocycles. The zero-order valence-electron chi connectivity index (χ0n) is 11.3. The van der Waals surface area contributed by atoms with Gasteiger partial charge in [-0.1, -0.05) is 25.8 Å². The lowest BCUT2D eigenvalue weighted by atomic mass is 9.97. The van der Waals surface area contributed by atoms with Crippen LogP contribution in [0.15, 0.2) is 48.8 Å². The van der Waals surface area contributed by atoms with Gasteiger partial charge in [-0.15, -0.1) is 0 Å². The molecule has 0 saturated heterocycles. The van der Waals surface area contributed by atoms with Crippen LogP contribution in [-0.4, -0.2) is 17.5 Å². The summed E-state index contributed by atoms with van der Waals surface area (Å²) in [4.78, 5) is 34.6. The molecule has 0 amide bonds. The van der Waals surface area contributed by atoms with E-state index >= 15 is 0 Å². The second kappa shape index (κ2) is 7.97. The lowest BCUT2D eigenvalue weighted by Crippen LogP contribution is -2.10. The number of allylic oxidation sites excluding steroid dienone is 3. The molecule has 102 valence electrons. The van der Waals surface area contributed by atoms with Crippen molar-refractivity contribution in [3.63, 3.8) is 0 Å². The maximum Gasteiger partial charge on any atom is 0.314 e. The SMILES string of the molecule is C=COC(=O)C/C=C(/CC(=O)C(=C)C)C(=O)C(=C)C. The number of carbonyl (C=O) groups is 3. The van der Waals surface area contributed by atoms with Crippen molar-refractivity contribution in [2.24, 2.45) is 0 Å². The third-order valence-electron chi connectivity index (χ3n) is 2.24. The van der Waals surface area contributed by atoms with Gasteiger partial charge in [-0.25, -0.2) is 0 Å². The van der Waals surface area contributed by atoms with Crippen molar-refractivity contribution >= 4 is 17.5 Å². The fraction of sp³-hybridized carbons (Fsp3) is 0.267. The third kappa shape index (κ3) is 6.31. The minimum atomic E-state index is -0.551. The summed E-state index contributed by atoms with van der Waals surface area (Å²) >= 11 is 0. The molecule has 0 saturated carbocycles. The average molecular weight is 262 g/mol. The van der Waals surface area contributed by atoms with Crippen molar-refractivity contribution in [2.45, 2.75) is 26.7 Å². The van der Waals surface area contributed by atoms with Gasteiger partial charge in [0, 0.05) is 12.0 Å². The summed E-state index contributed by atoms with van der Waals surface area (Å²) < 4.78 is 4.53. The molecule has 0 bridgehead atoms. The van der Waals surface area contributed by atoms with Gasteiger partial charge in [0.25, 0.3) is 0 Å². The van der Waals surface area contributed by atoms with Crippen LogP contribution in [0, 0.1) is 0 Å². The molecule has 0 aliphatic rings. The normalized spacial score (nSPS) is 10.5. The standard InChI is InChI=1S/C15H18O4/c1-6-19-14(17)8-7-12(15(18)11(4)5)9-13(16)10(2)3/h6-7H,1-2,4,8-9H2,3,5H3/b12-7-. The van der Waals surface area contributed by atoms with Gasteiger partial charge in [-0.2, -0.15) is 0 Å². The maximum absolute atomic E-state index is 11.8. The highest BCUT2D eigenvalue weighted by atomic mass is 16.5. The van der Waals surface area contributed by atoms with Gasteiger partial charge < -0.3 is 4.74 Å². The molecule has 0 spiro atoms. The Bertz CT molecular complexity index is 467. The van der Waals surface area contributed by atoms with Gasteiger partial charge in [-0.3, -0.25) is 14.4 Å². The number of hydrogen-bond acceptors (Lipinski definition) is 4. The first kappa shape index (κ1) is 16.8. The van der Waals surface area contributed by atoms with E-state index in [2.05, 4.69) is 24.5 Å². The topological polar surface area (TPSA) is 60.4 Å². The van der Waals surface area contributed by atoms with Gasteiger partial charge in [0.1, 0.15) is 0 Å². The van der Waals surface area contributed by atoms with Gasteiger partial charge in [-0.05, 0) is 25.0 Å². The van der Waals surface area contributed by atoms with E-state index in [4.69, 9.17) is 0 Å². The fourth-order valence-corrected chi connectivity index (χ4v) is 1.19. The molecule has 0 aromatic carbocycles. The molecule has 0 heterocycles. The van der Waals surface area contributed by atoms with Crippen molar-refractivity contribution in [3.05, 3.63) is 48.8 Å². The summed E-state index contributed by atoms with van der Waals surface area (Å²) in [6.07, 6.45) is 2.19. The van der Waals surface area contributed by atoms with E-state index in [0.29, 0.717) is 11.1 Å². The molecule has 4 heteroatoms. The van der Waals surface area contributed by atoms with Crippen LogP contribution < -0.4 is 0 Å². The van der Waals surface area contributed by atoms with Crippen molar-refractivity contribution in [1.29, 1.82) is 0 Å². The molecule has 0 aromatic heterocycles. The number of esters is 1. The summed E-state index contributed by atoms with van der Waals surface area (Å²) in [5.41, 5.74) is 0.883. The minimum absolute atomic E-state index is 0.0948. The Kier molecular flexibility index (Phi) is 7.04. The summed E-state index contributed by atoms with van der Waals surface area (Å²) in [7, 11) is 0. The largest absolute Gasteiger partial charge is 0.435 e. The Morgan fingerprint density at radius 2 is 1.68 bits per heavy atom. The highest BCUT2D eigenvalue weighted by molar-refractivity contribution is 6.12. The molecular weight excluding hydrogens is 244 g/mol. The molecule has 0 fully saturated rings. The first-order valence-electron chi connectivity index (χ1n) is 5.68. The molecular formula is C15H18O4. The van der Waals surface area contributed by atoms with Crippen LogP contribution in [-0.2, 0) is 19.1 Å². The van der Waals surface area contributed by atoms with E-state index in [1.807, 2.05) is 0 Å². The van der Waals surface area contributed by atoms with Crippen LogP contribution in [0.1, 0.15) is 26.7 Å². The fourth-order valence-electron chi connectivity index (χ4n) is 1.19. The minimum Gasteiger partial charge on any atom is -0.435 e. The molecule has 4 nitrogen and oxygen atoms in total. The number of ether oxygens (including phenoxy) is 1. The van der Waals surface area contributed by atoms with Crippen LogP contribution in [0.25, 0.3) is 0 Å². The van der Waals surface area contributed by atoms with E-state index in [0.717, 1.165) is 6.26 Å². The molecule has 19 heavy (non-hydrogen) atoms. The smallest absolute Gasteiger partial charge is 0.314 e. The van der Waals surface area contributed by atoms with Crippen molar-refractivity contribution in [1.82, 2.24) is 0 Å². The number of hydrogen-bond donors (Lipinski definition) is 0. The number of carbonyl (C=O) groups excluding carboxylic acids is 3. The Labute approximate surface area is 113 Å². The number of Topliss-reactive ketones (excluding diaryl/α,β-unsaturated/α-hetero) is 2. The second-order valence-electron chi connectivity index (χ2n) is 4.08. The van der Waals surface area contributed by atoms with E-state index in [1.165, 1.54) is 6.08 Å². The van der Waals surface area contributed by atoms with Crippen molar-refractivity contribution in [2.75, 3.05) is 0 Å². The molecule has 0 aromatic rings. The van der Waals surface area contributed by atoms with Crippen LogP contribution >= 0.6 is 0 Å². The molecule has 0 aliphatic carbocycles. The summed E-state index contributed by atoms with van der Waals surface area (Å²) in [5, 5.41) is 0. The first-order valence-corrected chi connectivity index (χ1v) is 5.68. The highest BCUT2D eigenvalue weighted by Crippen LogP contribution is 2.13. The van der Waals surface area contributed by atoms with E-state index in [9.17, 15) is 14.4 Å². The third-order valence-corrected chi connectivity index (χ3v) is 2.24. The first-order chi connectivity index (χ1) is 8.79. The molecule has 0 unspecified atom stereocenters. The van der Waals surface area contributed by atoms with Crippen LogP contribution in [0.2, 0.25) is 0 Å². The van der Waals surface area contributed by atoms with Gasteiger partial charge in [0.15, 0.2) is 11.6 Å². The highest BCUT2D eigenvalue weighted by Gasteiger charge is 2.15. The Morgan fingerprint density at radius 1 is 1.11 bits per heavy atom. The van der Waals surface area contributed by atoms with Gasteiger partial charge >= 0.3 is 5.97 Å². The van der Waals surface area contributed by atoms with E-state index in [1.54, 1.807) is 13.8 Å². The predicted octanol–water partition coefficient (Wildman–Crippen LogP) is 2.67. The quantitative estimate of drug-likeness (QED) is 0.383. The Balaban J connectivity index is 5.01. The lowest BCUT2D eigenvalue weighted by molar-refractivity contribution is -0.137. The van der Waals surface area contributed by atoms with Gasteiger partial charge in [0.2, 0.25) is 0 Å². The molecule has 0 atom stereocenters. The Morgan fingerprint density at radius 3 is 2.11 bits per heavy atom. The Hall–Kier alpha value is -2.23.